The van der Waals surface area contributed by atoms with Gasteiger partial charge in [-0.15, -0.1) is 0 Å². The molecule has 38 heavy (non-hydrogen) atoms. The number of imidazole rings is 1. The van der Waals surface area contributed by atoms with Crippen molar-refractivity contribution in [2.75, 3.05) is 26.1 Å². The largest absolute Gasteiger partial charge is 0.497 e. The van der Waals surface area contributed by atoms with Crippen molar-refractivity contribution in [2.24, 2.45) is 7.05 Å². The maximum atomic E-state index is 15.9. The summed E-state index contributed by atoms with van der Waals surface area (Å²) in [6.07, 6.45) is 11.4. The van der Waals surface area contributed by atoms with E-state index in [9.17, 15) is 0 Å². The van der Waals surface area contributed by atoms with Crippen LogP contribution in [0.1, 0.15) is 18.3 Å². The predicted molar refractivity (Wildman–Crippen MR) is 149 cm³/mol. The molecule has 0 bridgehead atoms. The summed E-state index contributed by atoms with van der Waals surface area (Å²) < 4.78 is 27.1. The summed E-state index contributed by atoms with van der Waals surface area (Å²) in [6, 6.07) is 7.42. The van der Waals surface area contributed by atoms with Crippen LogP contribution in [0.25, 0.3) is 22.0 Å². The van der Waals surface area contributed by atoms with Gasteiger partial charge in [-0.05, 0) is 44.3 Å². The van der Waals surface area contributed by atoms with Crippen molar-refractivity contribution in [3.05, 3.63) is 78.7 Å². The quantitative estimate of drug-likeness (QED) is 0.238. The monoisotopic (exact) mass is 532 g/mol. The number of aryl methyl sites for hydroxylation is 2. The van der Waals surface area contributed by atoms with Gasteiger partial charge in [0.15, 0.2) is 0 Å². The lowest BCUT2D eigenvalue weighted by Gasteiger charge is -2.26. The van der Waals surface area contributed by atoms with Gasteiger partial charge in [-0.1, -0.05) is 6.92 Å². The van der Waals surface area contributed by atoms with Crippen molar-refractivity contribution in [2.45, 2.75) is 19.9 Å². The second kappa shape index (κ2) is 10.8. The van der Waals surface area contributed by atoms with E-state index in [2.05, 4.69) is 15.1 Å². The summed E-state index contributed by atoms with van der Waals surface area (Å²) >= 11 is 1.49. The van der Waals surface area contributed by atoms with Gasteiger partial charge in [0, 0.05) is 66.5 Å². The molecule has 0 aliphatic carbocycles. The van der Waals surface area contributed by atoms with Gasteiger partial charge in [0.2, 0.25) is 0 Å². The minimum Gasteiger partial charge on any atom is -0.497 e. The summed E-state index contributed by atoms with van der Waals surface area (Å²) in [5.41, 5.74) is 3.58. The number of pyridine rings is 2. The minimum atomic E-state index is -0.309. The molecule has 0 saturated carbocycles. The Bertz CT molecular complexity index is 1580. The van der Waals surface area contributed by atoms with Crippen LogP contribution >= 0.6 is 12.1 Å². The molecule has 1 aromatic carbocycles. The van der Waals surface area contributed by atoms with E-state index in [-0.39, 0.29) is 12.4 Å². The maximum Gasteiger partial charge on any atom is 0.150 e. The van der Waals surface area contributed by atoms with Gasteiger partial charge in [0.25, 0.3) is 0 Å². The van der Waals surface area contributed by atoms with E-state index in [1.165, 1.54) is 12.1 Å². The maximum absolute atomic E-state index is 15.9. The summed E-state index contributed by atoms with van der Waals surface area (Å²) in [5.74, 6) is 1.58. The van der Waals surface area contributed by atoms with E-state index >= 15 is 4.39 Å². The number of hydrogen-bond donors (Lipinski definition) is 0. The van der Waals surface area contributed by atoms with Crippen LogP contribution in [0.15, 0.2) is 61.4 Å². The fourth-order valence-electron chi connectivity index (χ4n) is 4.22. The average Bonchev–Trinajstić information content (AvgIpc) is 3.55. The number of halogens is 1. The fourth-order valence-corrected chi connectivity index (χ4v) is 4.88. The third-order valence-electron chi connectivity index (χ3n) is 6.11. The van der Waals surface area contributed by atoms with E-state index in [1.807, 2.05) is 72.0 Å². The van der Waals surface area contributed by atoms with Gasteiger partial charge in [0.1, 0.15) is 23.2 Å². The zero-order valence-corrected chi connectivity index (χ0v) is 22.8. The Labute approximate surface area is 225 Å². The first-order chi connectivity index (χ1) is 18.4. The Kier molecular flexibility index (Phi) is 7.30. The number of hydrogen-bond acceptors (Lipinski definition) is 8. The van der Waals surface area contributed by atoms with Gasteiger partial charge in [-0.2, -0.15) is 5.10 Å². The first-order valence-electron chi connectivity index (χ1n) is 12.1. The van der Waals surface area contributed by atoms with Gasteiger partial charge in [-0.3, -0.25) is 13.6 Å². The van der Waals surface area contributed by atoms with E-state index in [0.717, 1.165) is 27.9 Å². The van der Waals surface area contributed by atoms with E-state index in [0.29, 0.717) is 29.2 Å². The third-order valence-corrected chi connectivity index (χ3v) is 6.94. The molecule has 0 radical (unpaired) electrons. The highest BCUT2D eigenvalue weighted by molar-refractivity contribution is 7.95. The van der Waals surface area contributed by atoms with Crippen LogP contribution in [0, 0.1) is 5.82 Å². The molecular formula is C27H29FN8OS. The van der Waals surface area contributed by atoms with Gasteiger partial charge in [-0.25, -0.2) is 18.7 Å². The molecule has 5 aromatic rings. The number of nitrogens with zero attached hydrogens (tertiary/aromatic N) is 8. The number of ether oxygens (including phenoxy) is 1. The Morgan fingerprint density at radius 3 is 2.58 bits per heavy atom. The molecule has 0 saturated heterocycles. The Balaban J connectivity index is 1.65. The smallest absolute Gasteiger partial charge is 0.150 e. The second-order valence-electron chi connectivity index (χ2n) is 8.98. The molecule has 5 rings (SSSR count). The van der Waals surface area contributed by atoms with Gasteiger partial charge in [0.05, 0.1) is 37.3 Å². The van der Waals surface area contributed by atoms with Crippen molar-refractivity contribution < 1.29 is 9.13 Å². The molecule has 0 spiro atoms. The van der Waals surface area contributed by atoms with Crippen LogP contribution in [0.3, 0.4) is 0 Å². The molecule has 0 amide bonds. The van der Waals surface area contributed by atoms with Crippen LogP contribution < -0.4 is 9.64 Å². The van der Waals surface area contributed by atoms with Crippen molar-refractivity contribution in [1.29, 1.82) is 0 Å². The number of rotatable bonds is 9. The molecule has 0 N–H and O–H groups in total. The van der Waals surface area contributed by atoms with Crippen molar-refractivity contribution in [1.82, 2.24) is 33.0 Å². The molecule has 11 heteroatoms. The minimum absolute atomic E-state index is 0.287. The molecule has 0 atom stereocenters. The van der Waals surface area contributed by atoms with E-state index in [4.69, 9.17) is 9.72 Å². The van der Waals surface area contributed by atoms with Crippen LogP contribution in [0.5, 0.6) is 5.75 Å². The molecule has 4 heterocycles. The lowest BCUT2D eigenvalue weighted by molar-refractivity contribution is 0.413. The summed E-state index contributed by atoms with van der Waals surface area (Å²) in [4.78, 5) is 15.7. The summed E-state index contributed by atoms with van der Waals surface area (Å²) in [5, 5.41) is 5.15. The van der Waals surface area contributed by atoms with Crippen LogP contribution in [-0.4, -0.2) is 54.2 Å². The summed E-state index contributed by atoms with van der Waals surface area (Å²) in [7, 11) is 7.38. The first kappa shape index (κ1) is 25.7. The van der Waals surface area contributed by atoms with Crippen molar-refractivity contribution in [3.63, 3.8) is 0 Å². The average molecular weight is 533 g/mol. The number of anilines is 2. The molecule has 0 aliphatic heterocycles. The predicted octanol–water partition coefficient (Wildman–Crippen LogP) is 5.25. The van der Waals surface area contributed by atoms with Gasteiger partial charge >= 0.3 is 0 Å². The topological polar surface area (TPSA) is 77.1 Å². The molecule has 0 aliphatic rings. The van der Waals surface area contributed by atoms with Gasteiger partial charge < -0.3 is 9.64 Å². The number of benzene rings is 1. The highest BCUT2D eigenvalue weighted by atomic mass is 32.2. The normalized spacial score (nSPS) is 11.4. The molecular weight excluding hydrogens is 503 g/mol. The zero-order valence-electron chi connectivity index (χ0n) is 22.0. The lowest BCUT2D eigenvalue weighted by atomic mass is 10.1. The summed E-state index contributed by atoms with van der Waals surface area (Å²) in [6.45, 7) is 2.21. The Hall–Kier alpha value is -3.96. The third kappa shape index (κ3) is 5.20. The van der Waals surface area contributed by atoms with Crippen LogP contribution in [-0.2, 0) is 20.0 Å². The van der Waals surface area contributed by atoms with E-state index < -0.39 is 0 Å². The molecule has 4 aromatic heterocycles. The van der Waals surface area contributed by atoms with E-state index in [1.54, 1.807) is 42.5 Å². The molecule has 0 fully saturated rings. The second-order valence-corrected chi connectivity index (χ2v) is 10.3. The first-order valence-corrected chi connectivity index (χ1v) is 12.9. The highest BCUT2D eigenvalue weighted by Gasteiger charge is 2.22. The molecule has 0 unspecified atom stereocenters. The Morgan fingerprint density at radius 1 is 1.03 bits per heavy atom. The van der Waals surface area contributed by atoms with Crippen LogP contribution in [0.4, 0.5) is 15.9 Å². The van der Waals surface area contributed by atoms with Crippen molar-refractivity contribution in [3.8, 4) is 16.9 Å². The Morgan fingerprint density at radius 2 is 1.87 bits per heavy atom. The highest BCUT2D eigenvalue weighted by Crippen LogP contribution is 2.35. The number of methoxy groups -OCH3 is 1. The number of aromatic nitrogens is 6. The van der Waals surface area contributed by atoms with Crippen LogP contribution in [0.2, 0.25) is 0 Å². The molecule has 9 nitrogen and oxygen atoms in total. The zero-order chi connectivity index (χ0) is 26.8. The van der Waals surface area contributed by atoms with Crippen molar-refractivity contribution >= 4 is 34.5 Å². The SMILES string of the molecule is CCc1cc(OC)cc(N(Cc2nccn2SN(C)C)c2cc3cc(-c4cnn(C)c4)cnc3cn2)c1F. The standard InChI is InChI=1S/C27H29FN8OS/c1-6-18-10-22(37-5)12-24(27(18)28)35(17-26-29-7-8-36(26)38-33(2)3)25-11-19-9-20(13-30-23(19)15-31-25)21-14-32-34(4)16-21/h7-16H,6,17H2,1-5H3. The number of fused-ring (bicyclic) bond motifs is 1. The molecule has 196 valence electrons. The fraction of sp³-hybridized carbons (Fsp3) is 0.259. The lowest BCUT2D eigenvalue weighted by Crippen LogP contribution is -2.22.